The van der Waals surface area contributed by atoms with E-state index in [1.807, 2.05) is 22.9 Å². The molecule has 0 bridgehead atoms. The van der Waals surface area contributed by atoms with Crippen molar-refractivity contribution in [3.8, 4) is 5.75 Å². The third-order valence-corrected chi connectivity index (χ3v) is 4.74. The molecule has 4 rings (SSSR count). The average Bonchev–Trinajstić information content (AvgIpc) is 3.05. The van der Waals surface area contributed by atoms with Gasteiger partial charge in [0.25, 0.3) is 0 Å². The lowest BCUT2D eigenvalue weighted by molar-refractivity contribution is 0.107. The molecule has 0 saturated heterocycles. The first-order chi connectivity index (χ1) is 8.75. The van der Waals surface area contributed by atoms with E-state index in [-0.39, 0.29) is 11.5 Å². The molecule has 1 aliphatic rings. The molecule has 4 heterocycles. The summed E-state index contributed by atoms with van der Waals surface area (Å²) in [5, 5.41) is 13.9. The summed E-state index contributed by atoms with van der Waals surface area (Å²) < 4.78 is 0.760. The number of fused-ring (bicyclic) bond motifs is 2. The quantitative estimate of drug-likeness (QED) is 0.715. The Balaban J connectivity index is 1.94. The molecule has 0 aromatic carbocycles. The number of aromatic nitrogens is 1. The molecule has 0 aliphatic carbocycles. The molecule has 88 valence electrons. The maximum absolute atomic E-state index is 12.2. The van der Waals surface area contributed by atoms with E-state index in [4.69, 9.17) is 0 Å². The molecule has 0 amide bonds. The van der Waals surface area contributed by atoms with Gasteiger partial charge in [-0.3, -0.25) is 4.79 Å². The number of ketones is 1. The van der Waals surface area contributed by atoms with Gasteiger partial charge in [-0.25, -0.2) is 4.99 Å². The van der Waals surface area contributed by atoms with Gasteiger partial charge < -0.3 is 10.1 Å². The Kier molecular flexibility index (Phi) is 1.84. The normalized spacial score (nSPS) is 14.2. The van der Waals surface area contributed by atoms with Gasteiger partial charge in [0, 0.05) is 0 Å². The van der Waals surface area contributed by atoms with Gasteiger partial charge >= 0.3 is 0 Å². The van der Waals surface area contributed by atoms with Crippen LogP contribution in [0.4, 0.5) is 5.69 Å². The number of rotatable bonds is 1. The molecular weight excluding hydrogens is 268 g/mol. The second-order valence-corrected chi connectivity index (χ2v) is 5.77. The van der Waals surface area contributed by atoms with Crippen molar-refractivity contribution in [2.45, 2.75) is 0 Å². The summed E-state index contributed by atoms with van der Waals surface area (Å²) in [5.41, 5.74) is 2.25. The predicted octanol–water partition coefficient (Wildman–Crippen LogP) is 3.31. The number of H-pyrrole nitrogens is 1. The van der Waals surface area contributed by atoms with Gasteiger partial charge in [0.1, 0.15) is 16.3 Å². The lowest BCUT2D eigenvalue weighted by Crippen LogP contribution is -2.10. The molecule has 3 aromatic rings. The average molecular weight is 274 g/mol. The van der Waals surface area contributed by atoms with Gasteiger partial charge in [-0.1, -0.05) is 0 Å². The van der Waals surface area contributed by atoms with E-state index < -0.39 is 0 Å². The van der Waals surface area contributed by atoms with Crippen LogP contribution < -0.4 is 0 Å². The number of hydrogen-bond donors (Lipinski definition) is 2. The molecule has 2 N–H and O–H groups in total. The molecule has 3 aromatic heterocycles. The maximum Gasteiger partial charge on any atom is 0.225 e. The summed E-state index contributed by atoms with van der Waals surface area (Å²) in [7, 11) is 0. The standard InChI is InChI=1S/C12H6N2O2S2/c15-9-7(13-5-1-3-17-11(5)9)8-10(16)12-6(14-8)2-4-18-12/h1-4,13,15H. The fourth-order valence-electron chi connectivity index (χ4n) is 2.08. The van der Waals surface area contributed by atoms with Crippen molar-refractivity contribution in [3.05, 3.63) is 33.5 Å². The molecule has 0 unspecified atom stereocenters. The van der Waals surface area contributed by atoms with Crippen LogP contribution in [0, 0.1) is 0 Å². The van der Waals surface area contributed by atoms with E-state index in [0.717, 1.165) is 10.2 Å². The number of Topliss-reactive ketones (excluding diaryl/α,β-unsaturated/α-hetero) is 1. The van der Waals surface area contributed by atoms with Crippen LogP contribution in [0.1, 0.15) is 15.4 Å². The Bertz CT molecular complexity index is 822. The first-order valence-electron chi connectivity index (χ1n) is 5.25. The van der Waals surface area contributed by atoms with Crippen LogP contribution in [0.15, 0.2) is 27.9 Å². The van der Waals surface area contributed by atoms with E-state index in [9.17, 15) is 9.90 Å². The Hall–Kier alpha value is -1.92. The number of hydrogen-bond acceptors (Lipinski definition) is 5. The molecule has 0 saturated carbocycles. The fraction of sp³-hybridized carbons (Fsp3) is 0. The van der Waals surface area contributed by atoms with Crippen LogP contribution in [-0.4, -0.2) is 21.6 Å². The summed E-state index contributed by atoms with van der Waals surface area (Å²) in [6.45, 7) is 0. The van der Waals surface area contributed by atoms with Crippen LogP contribution in [-0.2, 0) is 0 Å². The van der Waals surface area contributed by atoms with Gasteiger partial charge in [0.05, 0.1) is 15.9 Å². The molecule has 4 nitrogen and oxygen atoms in total. The zero-order chi connectivity index (χ0) is 12.3. The third kappa shape index (κ3) is 1.13. The van der Waals surface area contributed by atoms with Crippen molar-refractivity contribution in [2.24, 2.45) is 4.99 Å². The Morgan fingerprint density at radius 1 is 1.22 bits per heavy atom. The minimum atomic E-state index is -0.121. The first kappa shape index (κ1) is 10.0. The number of carbonyl (C=O) groups is 1. The van der Waals surface area contributed by atoms with Crippen molar-refractivity contribution < 1.29 is 9.90 Å². The Morgan fingerprint density at radius 2 is 2.06 bits per heavy atom. The molecule has 18 heavy (non-hydrogen) atoms. The number of nitrogens with one attached hydrogen (secondary N) is 1. The lowest BCUT2D eigenvalue weighted by atomic mass is 10.2. The highest BCUT2D eigenvalue weighted by Crippen LogP contribution is 2.38. The summed E-state index contributed by atoms with van der Waals surface area (Å²) in [6.07, 6.45) is 0. The summed E-state index contributed by atoms with van der Waals surface area (Å²) in [4.78, 5) is 20.1. The highest BCUT2D eigenvalue weighted by atomic mass is 32.1. The van der Waals surface area contributed by atoms with Crippen molar-refractivity contribution >= 4 is 50.1 Å². The topological polar surface area (TPSA) is 65.5 Å². The van der Waals surface area contributed by atoms with Crippen molar-refractivity contribution in [1.82, 2.24) is 4.98 Å². The van der Waals surface area contributed by atoms with Crippen LogP contribution in [0.5, 0.6) is 5.75 Å². The number of thiophene rings is 2. The monoisotopic (exact) mass is 274 g/mol. The maximum atomic E-state index is 12.2. The van der Waals surface area contributed by atoms with Crippen LogP contribution in [0.25, 0.3) is 10.2 Å². The summed E-state index contributed by atoms with van der Waals surface area (Å²) >= 11 is 2.81. The van der Waals surface area contributed by atoms with Gasteiger partial charge in [-0.2, -0.15) is 0 Å². The largest absolute Gasteiger partial charge is 0.504 e. The molecule has 6 heteroatoms. The third-order valence-electron chi connectivity index (χ3n) is 2.91. The van der Waals surface area contributed by atoms with Crippen molar-refractivity contribution in [3.63, 3.8) is 0 Å². The van der Waals surface area contributed by atoms with E-state index in [1.165, 1.54) is 22.7 Å². The first-order valence-corrected chi connectivity index (χ1v) is 7.01. The van der Waals surface area contributed by atoms with E-state index >= 15 is 0 Å². The fourth-order valence-corrected chi connectivity index (χ4v) is 3.65. The van der Waals surface area contributed by atoms with E-state index in [0.29, 0.717) is 22.0 Å². The SMILES string of the molecule is O=C1C(c2[nH]c3ccsc3c2O)=Nc2ccsc21. The van der Waals surface area contributed by atoms with Gasteiger partial charge in [-0.05, 0) is 22.9 Å². The number of aliphatic imine (C=N–C) groups is 1. The summed E-state index contributed by atoms with van der Waals surface area (Å²) in [5.74, 6) is -0.00791. The van der Waals surface area contributed by atoms with Gasteiger partial charge in [-0.15, -0.1) is 22.7 Å². The zero-order valence-corrected chi connectivity index (χ0v) is 10.6. The highest BCUT2D eigenvalue weighted by molar-refractivity contribution is 7.17. The minimum Gasteiger partial charge on any atom is -0.504 e. The number of aromatic amines is 1. The van der Waals surface area contributed by atoms with Crippen LogP contribution in [0.2, 0.25) is 0 Å². The molecule has 0 atom stereocenters. The number of carbonyl (C=O) groups excluding carboxylic acids is 1. The Morgan fingerprint density at radius 3 is 2.83 bits per heavy atom. The highest BCUT2D eigenvalue weighted by Gasteiger charge is 2.30. The number of nitrogens with zero attached hydrogens (tertiary/aromatic N) is 1. The smallest absolute Gasteiger partial charge is 0.225 e. The molecule has 1 aliphatic heterocycles. The second-order valence-electron chi connectivity index (χ2n) is 3.94. The van der Waals surface area contributed by atoms with Crippen LogP contribution >= 0.6 is 22.7 Å². The van der Waals surface area contributed by atoms with Crippen molar-refractivity contribution in [1.29, 1.82) is 0 Å². The molecule has 0 fully saturated rings. The molecule has 0 radical (unpaired) electrons. The predicted molar refractivity (Wildman–Crippen MR) is 72.7 cm³/mol. The van der Waals surface area contributed by atoms with E-state index in [2.05, 4.69) is 9.98 Å². The Labute approximate surface area is 109 Å². The molecule has 0 spiro atoms. The molecular formula is C12H6N2O2S2. The van der Waals surface area contributed by atoms with Crippen molar-refractivity contribution in [2.75, 3.05) is 0 Å². The van der Waals surface area contributed by atoms with Crippen LogP contribution in [0.3, 0.4) is 0 Å². The zero-order valence-electron chi connectivity index (χ0n) is 8.93. The summed E-state index contributed by atoms with van der Waals surface area (Å²) in [6, 6.07) is 3.69. The van der Waals surface area contributed by atoms with E-state index in [1.54, 1.807) is 0 Å². The minimum absolute atomic E-state index is 0.113. The van der Waals surface area contributed by atoms with Gasteiger partial charge in [0.2, 0.25) is 5.78 Å². The lowest BCUT2D eigenvalue weighted by Gasteiger charge is -1.96. The second kappa shape index (κ2) is 3.30. The van der Waals surface area contributed by atoms with Gasteiger partial charge in [0.15, 0.2) is 5.75 Å². The number of aromatic hydroxyl groups is 1.